The summed E-state index contributed by atoms with van der Waals surface area (Å²) in [7, 11) is 0. The molecule has 4 rings (SSSR count). The molecule has 2 aromatic carbocycles. The molecule has 154 valence electrons. The second kappa shape index (κ2) is 8.40. The number of hydrogen-bond donors (Lipinski definition) is 1. The Hall–Kier alpha value is -3.62. The van der Waals surface area contributed by atoms with Gasteiger partial charge in [-0.3, -0.25) is 9.59 Å². The lowest BCUT2D eigenvalue weighted by molar-refractivity contribution is 0.0692. The van der Waals surface area contributed by atoms with Crippen LogP contribution in [0.5, 0.6) is 0 Å². The highest BCUT2D eigenvalue weighted by molar-refractivity contribution is 5.94. The normalized spacial score (nSPS) is 14.5. The smallest absolute Gasteiger partial charge is 0.276 e. The molecule has 0 atom stereocenters. The lowest BCUT2D eigenvalue weighted by Crippen LogP contribution is -2.46. The van der Waals surface area contributed by atoms with Gasteiger partial charge in [-0.15, -0.1) is 5.10 Å². The van der Waals surface area contributed by atoms with E-state index in [9.17, 15) is 18.4 Å². The van der Waals surface area contributed by atoms with E-state index < -0.39 is 5.82 Å². The lowest BCUT2D eigenvalue weighted by Gasteiger charge is -2.31. The molecule has 1 saturated heterocycles. The van der Waals surface area contributed by atoms with Crippen LogP contribution in [0.25, 0.3) is 5.69 Å². The number of halogens is 2. The van der Waals surface area contributed by atoms with Crippen molar-refractivity contribution in [3.63, 3.8) is 0 Å². The number of piperidine rings is 1. The summed E-state index contributed by atoms with van der Waals surface area (Å²) in [6.07, 6.45) is 2.67. The molecule has 2 amide bonds. The van der Waals surface area contributed by atoms with Crippen LogP contribution in [-0.2, 0) is 0 Å². The van der Waals surface area contributed by atoms with Gasteiger partial charge in [0.25, 0.3) is 11.8 Å². The molecule has 0 unspecified atom stereocenters. The first-order valence-corrected chi connectivity index (χ1v) is 9.53. The summed E-state index contributed by atoms with van der Waals surface area (Å²) < 4.78 is 27.8. The van der Waals surface area contributed by atoms with E-state index in [0.29, 0.717) is 31.6 Å². The third kappa shape index (κ3) is 4.35. The van der Waals surface area contributed by atoms with Gasteiger partial charge in [0.15, 0.2) is 5.69 Å². The molecule has 1 N–H and O–H groups in total. The van der Waals surface area contributed by atoms with Crippen molar-refractivity contribution in [3.8, 4) is 5.69 Å². The Kier molecular flexibility index (Phi) is 5.51. The minimum atomic E-state index is -0.461. The van der Waals surface area contributed by atoms with Crippen LogP contribution in [0.4, 0.5) is 8.78 Å². The number of rotatable bonds is 4. The fraction of sp³-hybridized carbons (Fsp3) is 0.238. The Morgan fingerprint density at radius 1 is 1.00 bits per heavy atom. The molecule has 0 spiro atoms. The largest absolute Gasteiger partial charge is 0.349 e. The molecule has 0 radical (unpaired) electrons. The Bertz CT molecular complexity index is 1060. The van der Waals surface area contributed by atoms with Gasteiger partial charge in [-0.2, -0.15) is 0 Å². The Labute approximate surface area is 171 Å². The van der Waals surface area contributed by atoms with Gasteiger partial charge in [0.2, 0.25) is 0 Å². The first kappa shape index (κ1) is 19.7. The Morgan fingerprint density at radius 3 is 2.43 bits per heavy atom. The topological polar surface area (TPSA) is 80.1 Å². The molecular formula is C21H19F2N5O2. The maximum absolute atomic E-state index is 13.3. The van der Waals surface area contributed by atoms with Gasteiger partial charge in [-0.1, -0.05) is 11.3 Å². The third-order valence-electron chi connectivity index (χ3n) is 5.01. The standard InChI is InChI=1S/C21H19F2N5O2/c22-15-4-6-18(7-5-15)28-13-19(25-26-28)21(30)27-10-8-17(9-11-27)24-20(29)14-2-1-3-16(23)12-14/h1-7,12-13,17H,8-11H2,(H,24,29). The van der Waals surface area contributed by atoms with Crippen LogP contribution in [0.2, 0.25) is 0 Å². The summed E-state index contributed by atoms with van der Waals surface area (Å²) in [5, 5.41) is 10.7. The molecule has 0 bridgehead atoms. The second-order valence-electron chi connectivity index (χ2n) is 7.08. The Morgan fingerprint density at radius 2 is 1.73 bits per heavy atom. The van der Waals surface area contributed by atoms with Crippen LogP contribution in [0.15, 0.2) is 54.7 Å². The number of nitrogens with one attached hydrogen (secondary N) is 1. The van der Waals surface area contributed by atoms with E-state index in [1.165, 1.54) is 41.2 Å². The second-order valence-corrected chi connectivity index (χ2v) is 7.08. The van der Waals surface area contributed by atoms with E-state index in [0.717, 1.165) is 0 Å². The minimum absolute atomic E-state index is 0.0975. The monoisotopic (exact) mass is 411 g/mol. The first-order valence-electron chi connectivity index (χ1n) is 9.53. The minimum Gasteiger partial charge on any atom is -0.349 e. The van der Waals surface area contributed by atoms with Gasteiger partial charge < -0.3 is 10.2 Å². The van der Waals surface area contributed by atoms with Crippen LogP contribution < -0.4 is 5.32 Å². The van der Waals surface area contributed by atoms with Crippen LogP contribution in [-0.4, -0.2) is 50.8 Å². The summed E-state index contributed by atoms with van der Waals surface area (Å²) >= 11 is 0. The molecule has 3 aromatic rings. The molecule has 1 aliphatic heterocycles. The number of amides is 2. The van der Waals surface area contributed by atoms with E-state index in [4.69, 9.17) is 0 Å². The predicted molar refractivity (Wildman–Crippen MR) is 104 cm³/mol. The van der Waals surface area contributed by atoms with Crippen LogP contribution >= 0.6 is 0 Å². The number of benzene rings is 2. The van der Waals surface area contributed by atoms with Crippen molar-refractivity contribution in [1.29, 1.82) is 0 Å². The summed E-state index contributed by atoms with van der Waals surface area (Å²) in [6.45, 7) is 0.909. The summed E-state index contributed by atoms with van der Waals surface area (Å²) in [5.41, 5.74) is 1.06. The summed E-state index contributed by atoms with van der Waals surface area (Å²) in [5.74, 6) is -1.40. The number of nitrogens with zero attached hydrogens (tertiary/aromatic N) is 4. The number of carbonyl (C=O) groups excluding carboxylic acids is 2. The summed E-state index contributed by atoms with van der Waals surface area (Å²) in [6, 6.07) is 11.1. The van der Waals surface area contributed by atoms with E-state index in [2.05, 4.69) is 15.6 Å². The quantitative estimate of drug-likeness (QED) is 0.716. The fourth-order valence-electron chi connectivity index (χ4n) is 3.37. The number of carbonyl (C=O) groups is 2. The van der Waals surface area contributed by atoms with Crippen molar-refractivity contribution >= 4 is 11.8 Å². The molecule has 7 nitrogen and oxygen atoms in total. The van der Waals surface area contributed by atoms with Crippen molar-refractivity contribution in [2.24, 2.45) is 0 Å². The SMILES string of the molecule is O=C(NC1CCN(C(=O)c2cn(-c3ccc(F)cc3)nn2)CC1)c1cccc(F)c1. The maximum atomic E-state index is 13.3. The van der Waals surface area contributed by atoms with Crippen LogP contribution in [0.1, 0.15) is 33.7 Å². The highest BCUT2D eigenvalue weighted by Crippen LogP contribution is 2.15. The number of hydrogen-bond acceptors (Lipinski definition) is 4. The Balaban J connectivity index is 1.33. The van der Waals surface area contributed by atoms with Crippen molar-refractivity contribution in [1.82, 2.24) is 25.2 Å². The molecule has 1 aromatic heterocycles. The average Bonchev–Trinajstić information content (AvgIpc) is 3.24. The summed E-state index contributed by atoms with van der Waals surface area (Å²) in [4.78, 5) is 26.6. The van der Waals surface area contributed by atoms with E-state index in [-0.39, 0.29) is 34.9 Å². The molecule has 9 heteroatoms. The zero-order chi connectivity index (χ0) is 21.1. The fourth-order valence-corrected chi connectivity index (χ4v) is 3.37. The van der Waals surface area contributed by atoms with E-state index in [1.54, 1.807) is 23.1 Å². The van der Waals surface area contributed by atoms with Gasteiger partial charge in [0.05, 0.1) is 11.9 Å². The molecule has 1 fully saturated rings. The zero-order valence-corrected chi connectivity index (χ0v) is 16.0. The van der Waals surface area contributed by atoms with E-state index >= 15 is 0 Å². The third-order valence-corrected chi connectivity index (χ3v) is 5.01. The van der Waals surface area contributed by atoms with Gasteiger partial charge in [-0.25, -0.2) is 13.5 Å². The zero-order valence-electron chi connectivity index (χ0n) is 16.0. The first-order chi connectivity index (χ1) is 14.5. The van der Waals surface area contributed by atoms with Gasteiger partial charge in [0.1, 0.15) is 11.6 Å². The van der Waals surface area contributed by atoms with E-state index in [1.807, 2.05) is 0 Å². The van der Waals surface area contributed by atoms with Gasteiger partial charge in [-0.05, 0) is 55.3 Å². The average molecular weight is 411 g/mol. The molecule has 0 aliphatic carbocycles. The molecule has 0 saturated carbocycles. The lowest BCUT2D eigenvalue weighted by atomic mass is 10.0. The number of likely N-dealkylation sites (tertiary alicyclic amines) is 1. The predicted octanol–water partition coefficient (Wildman–Crippen LogP) is 2.58. The molecular weight excluding hydrogens is 392 g/mol. The van der Waals surface area contributed by atoms with Crippen LogP contribution in [0.3, 0.4) is 0 Å². The molecule has 1 aliphatic rings. The maximum Gasteiger partial charge on any atom is 0.276 e. The highest BCUT2D eigenvalue weighted by atomic mass is 19.1. The number of aromatic nitrogens is 3. The molecule has 2 heterocycles. The van der Waals surface area contributed by atoms with Gasteiger partial charge >= 0.3 is 0 Å². The van der Waals surface area contributed by atoms with Crippen molar-refractivity contribution in [2.45, 2.75) is 18.9 Å². The molecule has 30 heavy (non-hydrogen) atoms. The van der Waals surface area contributed by atoms with Gasteiger partial charge in [0, 0.05) is 24.7 Å². The highest BCUT2D eigenvalue weighted by Gasteiger charge is 2.26. The van der Waals surface area contributed by atoms with Crippen molar-refractivity contribution < 1.29 is 18.4 Å². The van der Waals surface area contributed by atoms with Crippen molar-refractivity contribution in [2.75, 3.05) is 13.1 Å². The van der Waals surface area contributed by atoms with Crippen LogP contribution in [0, 0.1) is 11.6 Å². The van der Waals surface area contributed by atoms with Crippen molar-refractivity contribution in [3.05, 3.63) is 77.6 Å².